The normalized spacial score (nSPS) is 19.0. The molecule has 1 aliphatic carbocycles. The van der Waals surface area contributed by atoms with E-state index < -0.39 is 17.7 Å². The summed E-state index contributed by atoms with van der Waals surface area (Å²) in [6.45, 7) is 0.206. The number of hydrogen-bond donors (Lipinski definition) is 2. The van der Waals surface area contributed by atoms with Crippen LogP contribution in [0.25, 0.3) is 0 Å². The summed E-state index contributed by atoms with van der Waals surface area (Å²) in [6.07, 6.45) is 0.722. The lowest BCUT2D eigenvalue weighted by Crippen LogP contribution is -2.49. The van der Waals surface area contributed by atoms with E-state index in [1.54, 1.807) is 0 Å². The third-order valence-electron chi connectivity index (χ3n) is 4.03. The number of carbonyl (C=O) groups is 1. The first-order valence-corrected chi connectivity index (χ1v) is 8.27. The van der Waals surface area contributed by atoms with Crippen LogP contribution in [0.2, 0.25) is 5.02 Å². The summed E-state index contributed by atoms with van der Waals surface area (Å²) < 4.78 is 31.9. The van der Waals surface area contributed by atoms with Crippen molar-refractivity contribution in [3.63, 3.8) is 0 Å². The topological polar surface area (TPSA) is 50.4 Å². The van der Waals surface area contributed by atoms with Gasteiger partial charge in [0.2, 0.25) is 0 Å². The molecule has 2 aromatic rings. The molecule has 3 rings (SSSR count). The molecule has 2 N–H and O–H groups in total. The van der Waals surface area contributed by atoms with Crippen LogP contribution in [-0.2, 0) is 11.3 Å². The molecule has 0 aromatic heterocycles. The number of carbonyl (C=O) groups excluding carboxylic acids is 1. The molecule has 1 aliphatic rings. The monoisotopic (exact) mass is 366 g/mol. The van der Waals surface area contributed by atoms with Crippen LogP contribution >= 0.6 is 11.6 Å². The number of benzene rings is 2. The predicted octanol–water partition coefficient (Wildman–Crippen LogP) is 4.49. The number of nitrogens with one attached hydrogen (secondary N) is 2. The van der Waals surface area contributed by atoms with Crippen molar-refractivity contribution in [3.05, 3.63) is 64.7 Å². The molecule has 0 atom stereocenters. The van der Waals surface area contributed by atoms with Crippen molar-refractivity contribution in [2.45, 2.75) is 31.5 Å². The maximum atomic E-state index is 13.7. The molecule has 0 bridgehead atoms. The smallest absolute Gasteiger partial charge is 0.407 e. The Hall–Kier alpha value is -2.34. The Morgan fingerprint density at radius 1 is 1.16 bits per heavy atom. The predicted molar refractivity (Wildman–Crippen MR) is 91.6 cm³/mol. The van der Waals surface area contributed by atoms with Gasteiger partial charge in [-0.25, -0.2) is 13.6 Å². The highest BCUT2D eigenvalue weighted by Crippen LogP contribution is 2.31. The Kier molecular flexibility index (Phi) is 5.38. The van der Waals surface area contributed by atoms with Gasteiger partial charge in [-0.1, -0.05) is 41.9 Å². The Bertz CT molecular complexity index is 729. The van der Waals surface area contributed by atoms with Gasteiger partial charge < -0.3 is 15.4 Å². The number of alkyl carbamates (subject to hydrolysis) is 1. The maximum Gasteiger partial charge on any atom is 0.407 e. The largest absolute Gasteiger partial charge is 0.445 e. The van der Waals surface area contributed by atoms with E-state index in [9.17, 15) is 13.6 Å². The molecule has 132 valence electrons. The van der Waals surface area contributed by atoms with E-state index >= 15 is 0 Å². The molecule has 0 aliphatic heterocycles. The van der Waals surface area contributed by atoms with Crippen LogP contribution in [0.5, 0.6) is 0 Å². The Labute approximate surface area is 149 Å². The molecule has 1 fully saturated rings. The van der Waals surface area contributed by atoms with Crippen molar-refractivity contribution >= 4 is 23.4 Å². The molecule has 0 unspecified atom stereocenters. The molecule has 4 nitrogen and oxygen atoms in total. The van der Waals surface area contributed by atoms with Crippen molar-refractivity contribution in [1.82, 2.24) is 5.32 Å². The second-order valence-electron chi connectivity index (χ2n) is 5.96. The van der Waals surface area contributed by atoms with E-state index in [4.69, 9.17) is 16.3 Å². The average Bonchev–Trinajstić information content (AvgIpc) is 2.54. The lowest BCUT2D eigenvalue weighted by Gasteiger charge is -2.36. The minimum Gasteiger partial charge on any atom is -0.445 e. The molecule has 0 spiro atoms. The van der Waals surface area contributed by atoms with Crippen LogP contribution in [0.15, 0.2) is 42.5 Å². The number of amides is 1. The molecule has 1 amide bonds. The van der Waals surface area contributed by atoms with Gasteiger partial charge in [0, 0.05) is 18.2 Å². The van der Waals surface area contributed by atoms with Gasteiger partial charge in [-0.3, -0.25) is 0 Å². The van der Waals surface area contributed by atoms with Gasteiger partial charge >= 0.3 is 6.09 Å². The fourth-order valence-electron chi connectivity index (χ4n) is 2.67. The third kappa shape index (κ3) is 4.60. The number of anilines is 1. The van der Waals surface area contributed by atoms with E-state index in [0.717, 1.165) is 17.7 Å². The number of hydrogen-bond acceptors (Lipinski definition) is 3. The maximum absolute atomic E-state index is 13.7. The van der Waals surface area contributed by atoms with Crippen molar-refractivity contribution in [2.75, 3.05) is 5.32 Å². The first kappa shape index (κ1) is 17.5. The molecule has 0 saturated heterocycles. The Balaban J connectivity index is 1.42. The molecular formula is C18H17ClF2N2O2. The third-order valence-corrected chi connectivity index (χ3v) is 4.33. The molecule has 0 heterocycles. The fourth-order valence-corrected chi connectivity index (χ4v) is 2.92. The van der Waals surface area contributed by atoms with Crippen LogP contribution in [0.3, 0.4) is 0 Å². The van der Waals surface area contributed by atoms with E-state index in [1.165, 1.54) is 0 Å². The van der Waals surface area contributed by atoms with Crippen LogP contribution in [0.4, 0.5) is 19.3 Å². The summed E-state index contributed by atoms with van der Waals surface area (Å²) in [6, 6.07) is 11.1. The highest BCUT2D eigenvalue weighted by atomic mass is 35.5. The highest BCUT2D eigenvalue weighted by Gasteiger charge is 2.31. The molecule has 0 radical (unpaired) electrons. The number of rotatable bonds is 5. The van der Waals surface area contributed by atoms with Gasteiger partial charge in [0.15, 0.2) is 5.82 Å². The lowest BCUT2D eigenvalue weighted by atomic mass is 9.86. The summed E-state index contributed by atoms with van der Waals surface area (Å²) >= 11 is 5.85. The van der Waals surface area contributed by atoms with E-state index in [1.807, 2.05) is 30.3 Å². The zero-order valence-corrected chi connectivity index (χ0v) is 14.0. The van der Waals surface area contributed by atoms with Gasteiger partial charge in [0.25, 0.3) is 0 Å². The summed E-state index contributed by atoms with van der Waals surface area (Å²) in [4.78, 5) is 11.8. The second-order valence-corrected chi connectivity index (χ2v) is 6.37. The fraction of sp³-hybridized carbons (Fsp3) is 0.278. The average molecular weight is 367 g/mol. The van der Waals surface area contributed by atoms with Crippen molar-refractivity contribution in [2.24, 2.45) is 0 Å². The van der Waals surface area contributed by atoms with Crippen LogP contribution in [0, 0.1) is 11.6 Å². The van der Waals surface area contributed by atoms with E-state index in [0.29, 0.717) is 12.8 Å². The standard InChI is InChI=1S/C18H17ClF2N2O2/c19-15-6-12(20)7-16(21)17(15)22-13-8-14(9-13)23-18(24)25-10-11-4-2-1-3-5-11/h1-7,13-14,22H,8-10H2,(H,23,24). The van der Waals surface area contributed by atoms with E-state index in [2.05, 4.69) is 10.6 Å². The minimum absolute atomic E-state index is 0.00354. The van der Waals surface area contributed by atoms with Crippen molar-refractivity contribution in [1.29, 1.82) is 0 Å². The first-order valence-electron chi connectivity index (χ1n) is 7.89. The van der Waals surface area contributed by atoms with E-state index in [-0.39, 0.29) is 29.4 Å². The molecule has 1 saturated carbocycles. The summed E-state index contributed by atoms with van der Waals surface area (Å²) in [5.74, 6) is -1.45. The van der Waals surface area contributed by atoms with Crippen molar-refractivity contribution in [3.8, 4) is 0 Å². The Morgan fingerprint density at radius 3 is 2.56 bits per heavy atom. The van der Waals surface area contributed by atoms with Gasteiger partial charge in [-0.15, -0.1) is 0 Å². The highest BCUT2D eigenvalue weighted by molar-refractivity contribution is 6.33. The Morgan fingerprint density at radius 2 is 1.88 bits per heavy atom. The molecule has 7 heteroatoms. The zero-order valence-electron chi connectivity index (χ0n) is 13.3. The van der Waals surface area contributed by atoms with Gasteiger partial charge in [-0.05, 0) is 24.5 Å². The lowest BCUT2D eigenvalue weighted by molar-refractivity contribution is 0.129. The molecular weight excluding hydrogens is 350 g/mol. The first-order chi connectivity index (χ1) is 12.0. The summed E-state index contributed by atoms with van der Waals surface area (Å²) in [7, 11) is 0. The number of halogens is 3. The van der Waals surface area contributed by atoms with Crippen LogP contribution in [0.1, 0.15) is 18.4 Å². The van der Waals surface area contributed by atoms with Crippen molar-refractivity contribution < 1.29 is 18.3 Å². The van der Waals surface area contributed by atoms with Crippen LogP contribution in [-0.4, -0.2) is 18.2 Å². The van der Waals surface area contributed by atoms with Gasteiger partial charge in [-0.2, -0.15) is 0 Å². The second kappa shape index (κ2) is 7.70. The van der Waals surface area contributed by atoms with Gasteiger partial charge in [0.05, 0.1) is 10.7 Å². The van der Waals surface area contributed by atoms with Crippen LogP contribution < -0.4 is 10.6 Å². The molecule has 2 aromatic carbocycles. The summed E-state index contributed by atoms with van der Waals surface area (Å²) in [5, 5.41) is 5.69. The SMILES string of the molecule is O=C(NC1CC(Nc2c(F)cc(F)cc2Cl)C1)OCc1ccccc1. The zero-order chi connectivity index (χ0) is 17.8. The molecule has 25 heavy (non-hydrogen) atoms. The number of ether oxygens (including phenoxy) is 1. The summed E-state index contributed by atoms with van der Waals surface area (Å²) in [5.41, 5.74) is 0.991. The van der Waals surface area contributed by atoms with Gasteiger partial charge in [0.1, 0.15) is 12.4 Å². The minimum atomic E-state index is -0.733. The quantitative estimate of drug-likeness (QED) is 0.819.